The molecule has 2 rings (SSSR count). The van der Waals surface area contributed by atoms with Gasteiger partial charge in [0.1, 0.15) is 24.4 Å². The van der Waals surface area contributed by atoms with Gasteiger partial charge in [-0.2, -0.15) is 0 Å². The molecule has 0 unspecified atom stereocenters. The molecular formula is C7H13NO5. The van der Waals surface area contributed by atoms with Crippen molar-refractivity contribution in [2.45, 2.75) is 30.2 Å². The largest absolute Gasteiger partial charge is 0.394 e. The number of fused-ring (bicyclic) bond motifs is 2. The first kappa shape index (κ1) is 9.32. The molecule has 5 atom stereocenters. The summed E-state index contributed by atoms with van der Waals surface area (Å²) in [7, 11) is 0. The second-order valence-corrected chi connectivity index (χ2v) is 3.37. The van der Waals surface area contributed by atoms with E-state index in [1.165, 1.54) is 0 Å². The maximum atomic E-state index is 9.49. The molecule has 2 heterocycles. The van der Waals surface area contributed by atoms with Crippen LogP contribution in [-0.2, 0) is 9.47 Å². The Morgan fingerprint density at radius 1 is 1.31 bits per heavy atom. The Balaban J connectivity index is 2.22. The van der Waals surface area contributed by atoms with E-state index >= 15 is 0 Å². The highest BCUT2D eigenvalue weighted by Gasteiger charge is 2.63. The van der Waals surface area contributed by atoms with Crippen molar-refractivity contribution in [3.8, 4) is 0 Å². The summed E-state index contributed by atoms with van der Waals surface area (Å²) in [5, 5.41) is 27.8. The van der Waals surface area contributed by atoms with Crippen LogP contribution in [0.15, 0.2) is 0 Å². The first-order chi connectivity index (χ1) is 6.14. The highest BCUT2D eigenvalue weighted by atomic mass is 16.8. The van der Waals surface area contributed by atoms with Gasteiger partial charge in [0.2, 0.25) is 5.79 Å². The average molecular weight is 191 g/mol. The monoisotopic (exact) mass is 191 g/mol. The quantitative estimate of drug-likeness (QED) is 0.374. The highest BCUT2D eigenvalue weighted by molar-refractivity contribution is 5.05. The van der Waals surface area contributed by atoms with Gasteiger partial charge in [-0.25, -0.2) is 0 Å². The maximum Gasteiger partial charge on any atom is 0.210 e. The molecule has 0 aromatic rings. The van der Waals surface area contributed by atoms with Gasteiger partial charge in [-0.05, 0) is 0 Å². The number of aliphatic hydroxyl groups is 3. The molecule has 2 saturated heterocycles. The number of ether oxygens (including phenoxy) is 2. The Morgan fingerprint density at radius 3 is 2.46 bits per heavy atom. The zero-order valence-electron chi connectivity index (χ0n) is 6.96. The van der Waals surface area contributed by atoms with Crippen LogP contribution in [0.2, 0.25) is 0 Å². The summed E-state index contributed by atoms with van der Waals surface area (Å²) in [5.74, 6) is -1.32. The lowest BCUT2D eigenvalue weighted by Crippen LogP contribution is -2.56. The van der Waals surface area contributed by atoms with E-state index < -0.39 is 30.2 Å². The lowest BCUT2D eigenvalue weighted by Gasteiger charge is -2.32. The first-order valence-corrected chi connectivity index (χ1v) is 4.17. The SMILES string of the molecule is NC[C@]12O[C@H]([C@H](O)[C@H]1O)[C@@H](CO)O2. The molecule has 5 N–H and O–H groups in total. The summed E-state index contributed by atoms with van der Waals surface area (Å²) in [6, 6.07) is 0. The molecule has 0 radical (unpaired) electrons. The average Bonchev–Trinajstić information content (AvgIpc) is 2.64. The van der Waals surface area contributed by atoms with E-state index in [1.54, 1.807) is 0 Å². The van der Waals surface area contributed by atoms with Crippen molar-refractivity contribution in [1.82, 2.24) is 0 Å². The van der Waals surface area contributed by atoms with Crippen LogP contribution in [0.4, 0.5) is 0 Å². The van der Waals surface area contributed by atoms with Crippen molar-refractivity contribution < 1.29 is 24.8 Å². The molecule has 2 bridgehead atoms. The minimum absolute atomic E-state index is 0.0434. The Morgan fingerprint density at radius 2 is 2.00 bits per heavy atom. The molecule has 0 aromatic carbocycles. The van der Waals surface area contributed by atoms with E-state index in [0.717, 1.165) is 0 Å². The van der Waals surface area contributed by atoms with Crippen molar-refractivity contribution >= 4 is 0 Å². The second-order valence-electron chi connectivity index (χ2n) is 3.37. The molecule has 2 fully saturated rings. The van der Waals surface area contributed by atoms with Crippen LogP contribution in [0, 0.1) is 0 Å². The topological polar surface area (TPSA) is 105 Å². The third-order valence-corrected chi connectivity index (χ3v) is 2.63. The van der Waals surface area contributed by atoms with Gasteiger partial charge in [0.15, 0.2) is 0 Å². The number of rotatable bonds is 2. The van der Waals surface area contributed by atoms with Gasteiger partial charge in [0.05, 0.1) is 13.2 Å². The summed E-state index contributed by atoms with van der Waals surface area (Å²) in [6.07, 6.45) is -3.44. The Bertz CT molecular complexity index is 207. The number of hydrogen-bond acceptors (Lipinski definition) is 6. The highest BCUT2D eigenvalue weighted by Crippen LogP contribution is 2.41. The van der Waals surface area contributed by atoms with Crippen LogP contribution < -0.4 is 5.73 Å². The zero-order chi connectivity index (χ0) is 9.64. The van der Waals surface area contributed by atoms with E-state index in [4.69, 9.17) is 20.3 Å². The fourth-order valence-corrected chi connectivity index (χ4v) is 1.88. The lowest BCUT2D eigenvalue weighted by atomic mass is 9.98. The van der Waals surface area contributed by atoms with Gasteiger partial charge >= 0.3 is 0 Å². The molecular weight excluding hydrogens is 178 g/mol. The standard InChI is InChI=1S/C7H13NO5/c8-2-7-6(11)4(10)5(13-7)3(1-9)12-7/h3-6,9-11H,1-2,8H2/t3-,4+,5+,6-,7+/m1/s1. The summed E-state index contributed by atoms with van der Waals surface area (Å²) >= 11 is 0. The van der Waals surface area contributed by atoms with Crippen molar-refractivity contribution in [3.05, 3.63) is 0 Å². The Labute approximate surface area is 74.9 Å². The van der Waals surface area contributed by atoms with Crippen LogP contribution in [0.1, 0.15) is 0 Å². The van der Waals surface area contributed by atoms with Crippen LogP contribution in [0.3, 0.4) is 0 Å². The van der Waals surface area contributed by atoms with E-state index in [2.05, 4.69) is 0 Å². The molecule has 2 aliphatic rings. The molecule has 0 spiro atoms. The molecule has 6 nitrogen and oxygen atoms in total. The van der Waals surface area contributed by atoms with Gasteiger partial charge in [0.25, 0.3) is 0 Å². The smallest absolute Gasteiger partial charge is 0.210 e. The van der Waals surface area contributed by atoms with Gasteiger partial charge in [0, 0.05) is 0 Å². The van der Waals surface area contributed by atoms with Crippen LogP contribution in [-0.4, -0.2) is 58.7 Å². The summed E-state index contributed by atoms with van der Waals surface area (Å²) < 4.78 is 10.5. The molecule has 0 amide bonds. The number of aliphatic hydroxyl groups excluding tert-OH is 3. The predicted molar refractivity (Wildman–Crippen MR) is 40.6 cm³/mol. The van der Waals surface area contributed by atoms with Crippen LogP contribution in [0.5, 0.6) is 0 Å². The van der Waals surface area contributed by atoms with Gasteiger partial charge in [-0.15, -0.1) is 0 Å². The van der Waals surface area contributed by atoms with Gasteiger partial charge in [-0.3, -0.25) is 0 Å². The van der Waals surface area contributed by atoms with Crippen molar-refractivity contribution in [2.24, 2.45) is 5.73 Å². The van der Waals surface area contributed by atoms with Crippen LogP contribution in [0.25, 0.3) is 0 Å². The molecule has 0 aliphatic carbocycles. The van der Waals surface area contributed by atoms with E-state index in [9.17, 15) is 10.2 Å². The third kappa shape index (κ3) is 1.04. The lowest BCUT2D eigenvalue weighted by molar-refractivity contribution is -0.217. The molecule has 13 heavy (non-hydrogen) atoms. The molecule has 76 valence electrons. The Hall–Kier alpha value is -0.240. The normalized spacial score (nSPS) is 54.5. The van der Waals surface area contributed by atoms with Gasteiger partial charge < -0.3 is 30.5 Å². The minimum atomic E-state index is -1.32. The van der Waals surface area contributed by atoms with E-state index in [1.807, 2.05) is 0 Å². The molecule has 6 heteroatoms. The van der Waals surface area contributed by atoms with E-state index in [0.29, 0.717) is 0 Å². The van der Waals surface area contributed by atoms with Crippen molar-refractivity contribution in [3.63, 3.8) is 0 Å². The van der Waals surface area contributed by atoms with Crippen molar-refractivity contribution in [2.75, 3.05) is 13.2 Å². The predicted octanol–water partition coefficient (Wildman–Crippen LogP) is -2.85. The molecule has 2 aliphatic heterocycles. The molecule has 0 aromatic heterocycles. The van der Waals surface area contributed by atoms with Crippen LogP contribution >= 0.6 is 0 Å². The van der Waals surface area contributed by atoms with E-state index in [-0.39, 0.29) is 13.2 Å². The fraction of sp³-hybridized carbons (Fsp3) is 1.00. The second kappa shape index (κ2) is 2.88. The maximum absolute atomic E-state index is 9.49. The molecule has 0 saturated carbocycles. The van der Waals surface area contributed by atoms with Crippen molar-refractivity contribution in [1.29, 1.82) is 0 Å². The first-order valence-electron chi connectivity index (χ1n) is 4.17. The summed E-state index contributed by atoms with van der Waals surface area (Å²) in [5.41, 5.74) is 5.37. The minimum Gasteiger partial charge on any atom is -0.394 e. The number of nitrogens with two attached hydrogens (primary N) is 1. The Kier molecular flexibility index (Phi) is 2.06. The number of hydrogen-bond donors (Lipinski definition) is 4. The van der Waals surface area contributed by atoms with Gasteiger partial charge in [-0.1, -0.05) is 0 Å². The summed E-state index contributed by atoms with van der Waals surface area (Å²) in [4.78, 5) is 0. The summed E-state index contributed by atoms with van der Waals surface area (Å²) in [6.45, 7) is -0.297. The fourth-order valence-electron chi connectivity index (χ4n) is 1.88. The zero-order valence-corrected chi connectivity index (χ0v) is 6.96. The third-order valence-electron chi connectivity index (χ3n) is 2.63.